The van der Waals surface area contributed by atoms with Gasteiger partial charge in [0.15, 0.2) is 11.5 Å². The molecular weight excluding hydrogens is 260 g/mol. The second-order valence-electron chi connectivity index (χ2n) is 4.98. The summed E-state index contributed by atoms with van der Waals surface area (Å²) in [6, 6.07) is 5.43. The number of fused-ring (bicyclic) bond motifs is 1. The molecule has 0 saturated carbocycles. The Morgan fingerprint density at radius 3 is 2.85 bits per heavy atom. The van der Waals surface area contributed by atoms with E-state index >= 15 is 0 Å². The lowest BCUT2D eigenvalue weighted by atomic mass is 10.2. The maximum atomic E-state index is 11.9. The lowest BCUT2D eigenvalue weighted by molar-refractivity contribution is -0.907. The molecule has 6 nitrogen and oxygen atoms in total. The first-order chi connectivity index (χ1) is 9.81. The van der Waals surface area contributed by atoms with Gasteiger partial charge in [0.05, 0.1) is 26.2 Å². The monoisotopic (exact) mass is 279 g/mol. The lowest BCUT2D eigenvalue weighted by Crippen LogP contribution is -3.14. The van der Waals surface area contributed by atoms with Gasteiger partial charge in [-0.25, -0.2) is 0 Å². The third-order valence-electron chi connectivity index (χ3n) is 3.56. The summed E-state index contributed by atoms with van der Waals surface area (Å²) >= 11 is 0. The van der Waals surface area contributed by atoms with E-state index in [1.54, 1.807) is 6.07 Å². The third-order valence-corrected chi connectivity index (χ3v) is 3.56. The van der Waals surface area contributed by atoms with E-state index in [0.29, 0.717) is 12.2 Å². The summed E-state index contributed by atoms with van der Waals surface area (Å²) in [7, 11) is 0. The molecule has 0 aliphatic carbocycles. The second kappa shape index (κ2) is 6.11. The van der Waals surface area contributed by atoms with Crippen molar-refractivity contribution >= 4 is 11.6 Å². The van der Waals surface area contributed by atoms with Crippen LogP contribution in [0, 0.1) is 0 Å². The van der Waals surface area contributed by atoms with Crippen molar-refractivity contribution < 1.29 is 23.9 Å². The molecule has 6 heteroatoms. The van der Waals surface area contributed by atoms with Gasteiger partial charge in [0.2, 0.25) is 12.7 Å². The zero-order valence-corrected chi connectivity index (χ0v) is 11.3. The molecule has 0 bridgehead atoms. The quantitative estimate of drug-likeness (QED) is 0.791. The van der Waals surface area contributed by atoms with Crippen LogP contribution in [0.25, 0.3) is 0 Å². The van der Waals surface area contributed by atoms with Gasteiger partial charge < -0.3 is 24.4 Å². The minimum atomic E-state index is 0.0304. The number of rotatable bonds is 4. The number of anilines is 1. The molecular formula is C14H19N2O4+. The minimum absolute atomic E-state index is 0.0304. The van der Waals surface area contributed by atoms with E-state index in [9.17, 15) is 4.79 Å². The van der Waals surface area contributed by atoms with Gasteiger partial charge in [-0.05, 0) is 12.1 Å². The Morgan fingerprint density at radius 1 is 1.20 bits per heavy atom. The normalized spacial score (nSPS) is 18.0. The number of hydrogen-bond acceptors (Lipinski definition) is 4. The van der Waals surface area contributed by atoms with Crippen LogP contribution in [-0.4, -0.2) is 45.5 Å². The molecule has 1 aromatic carbocycles. The van der Waals surface area contributed by atoms with Crippen LogP contribution < -0.4 is 19.7 Å². The highest BCUT2D eigenvalue weighted by Gasteiger charge is 2.17. The van der Waals surface area contributed by atoms with E-state index in [1.165, 1.54) is 4.90 Å². The highest BCUT2D eigenvalue weighted by molar-refractivity contribution is 5.91. The van der Waals surface area contributed by atoms with Gasteiger partial charge in [-0.15, -0.1) is 0 Å². The number of quaternary nitrogens is 1. The van der Waals surface area contributed by atoms with Crippen molar-refractivity contribution in [3.63, 3.8) is 0 Å². The summed E-state index contributed by atoms with van der Waals surface area (Å²) in [6.07, 6.45) is 0.518. The standard InChI is InChI=1S/C14H18N2O4/c17-14(3-4-16-5-7-18-8-6-16)15-11-1-2-12-13(9-11)20-10-19-12/h1-2,9H,3-8,10H2,(H,15,17)/p+1. The number of hydrogen-bond donors (Lipinski definition) is 2. The number of benzene rings is 1. The number of nitrogens with one attached hydrogen (secondary N) is 2. The molecule has 1 saturated heterocycles. The van der Waals surface area contributed by atoms with Crippen LogP contribution in [0.2, 0.25) is 0 Å². The van der Waals surface area contributed by atoms with Crippen molar-refractivity contribution in [2.24, 2.45) is 0 Å². The van der Waals surface area contributed by atoms with Gasteiger partial charge in [-0.3, -0.25) is 4.79 Å². The van der Waals surface area contributed by atoms with Gasteiger partial charge >= 0.3 is 0 Å². The second-order valence-corrected chi connectivity index (χ2v) is 4.98. The van der Waals surface area contributed by atoms with Crippen molar-refractivity contribution in [1.82, 2.24) is 0 Å². The van der Waals surface area contributed by atoms with Crippen molar-refractivity contribution in [2.45, 2.75) is 6.42 Å². The molecule has 3 rings (SSSR count). The summed E-state index contributed by atoms with van der Waals surface area (Å²) in [5.41, 5.74) is 0.747. The molecule has 0 aromatic heterocycles. The van der Waals surface area contributed by atoms with Crippen LogP contribution in [0.4, 0.5) is 5.69 Å². The minimum Gasteiger partial charge on any atom is -0.454 e. The van der Waals surface area contributed by atoms with E-state index in [0.717, 1.165) is 44.3 Å². The fraction of sp³-hybridized carbons (Fsp3) is 0.500. The van der Waals surface area contributed by atoms with Gasteiger partial charge in [0.1, 0.15) is 13.1 Å². The van der Waals surface area contributed by atoms with Crippen molar-refractivity contribution in [3.8, 4) is 11.5 Å². The molecule has 1 amide bonds. The fourth-order valence-corrected chi connectivity index (χ4v) is 2.40. The van der Waals surface area contributed by atoms with E-state index < -0.39 is 0 Å². The van der Waals surface area contributed by atoms with E-state index in [-0.39, 0.29) is 12.7 Å². The first-order valence-corrected chi connectivity index (χ1v) is 6.92. The van der Waals surface area contributed by atoms with E-state index in [1.807, 2.05) is 12.1 Å². The molecule has 0 atom stereocenters. The highest BCUT2D eigenvalue weighted by atomic mass is 16.7. The Hall–Kier alpha value is -1.79. The number of carbonyl (C=O) groups excluding carboxylic acids is 1. The Bertz CT molecular complexity index is 486. The van der Waals surface area contributed by atoms with Crippen molar-refractivity contribution in [2.75, 3.05) is 45.0 Å². The smallest absolute Gasteiger partial charge is 0.231 e. The summed E-state index contributed by atoms with van der Waals surface area (Å²) in [5.74, 6) is 1.44. The summed E-state index contributed by atoms with van der Waals surface area (Å²) in [5, 5.41) is 2.89. The average molecular weight is 279 g/mol. The van der Waals surface area contributed by atoms with Crippen LogP contribution in [0.1, 0.15) is 6.42 Å². The number of morpholine rings is 1. The summed E-state index contributed by atoms with van der Waals surface area (Å²) in [4.78, 5) is 13.4. The summed E-state index contributed by atoms with van der Waals surface area (Å²) in [6.45, 7) is 4.64. The van der Waals surface area contributed by atoms with Crippen LogP contribution in [0.15, 0.2) is 18.2 Å². The Labute approximate surface area is 117 Å². The van der Waals surface area contributed by atoms with Crippen LogP contribution in [-0.2, 0) is 9.53 Å². The maximum absolute atomic E-state index is 11.9. The average Bonchev–Trinajstić information content (AvgIpc) is 2.94. The molecule has 1 aromatic rings. The molecule has 108 valence electrons. The van der Waals surface area contributed by atoms with Gasteiger partial charge in [-0.1, -0.05) is 0 Å². The molecule has 20 heavy (non-hydrogen) atoms. The Morgan fingerprint density at radius 2 is 2.00 bits per heavy atom. The molecule has 2 N–H and O–H groups in total. The largest absolute Gasteiger partial charge is 0.454 e. The molecule has 1 fully saturated rings. The van der Waals surface area contributed by atoms with Gasteiger partial charge in [-0.2, -0.15) is 0 Å². The Balaban J connectivity index is 1.48. The highest BCUT2D eigenvalue weighted by Crippen LogP contribution is 2.34. The first-order valence-electron chi connectivity index (χ1n) is 6.92. The number of carbonyl (C=O) groups is 1. The summed E-state index contributed by atoms with van der Waals surface area (Å²) < 4.78 is 15.8. The number of ether oxygens (including phenoxy) is 3. The molecule has 2 aliphatic heterocycles. The maximum Gasteiger partial charge on any atom is 0.231 e. The Kier molecular flexibility index (Phi) is 4.03. The predicted molar refractivity (Wildman–Crippen MR) is 72.2 cm³/mol. The molecule has 2 heterocycles. The molecule has 0 radical (unpaired) electrons. The van der Waals surface area contributed by atoms with Crippen LogP contribution >= 0.6 is 0 Å². The molecule has 2 aliphatic rings. The lowest BCUT2D eigenvalue weighted by Gasteiger charge is -2.23. The zero-order valence-electron chi connectivity index (χ0n) is 11.3. The van der Waals surface area contributed by atoms with Crippen molar-refractivity contribution in [1.29, 1.82) is 0 Å². The van der Waals surface area contributed by atoms with E-state index in [2.05, 4.69) is 5.32 Å². The third kappa shape index (κ3) is 3.20. The molecule has 0 spiro atoms. The first kappa shape index (κ1) is 13.2. The van der Waals surface area contributed by atoms with Gasteiger partial charge in [0, 0.05) is 11.8 Å². The van der Waals surface area contributed by atoms with Crippen LogP contribution in [0.3, 0.4) is 0 Å². The fourth-order valence-electron chi connectivity index (χ4n) is 2.40. The number of amides is 1. The van der Waals surface area contributed by atoms with E-state index in [4.69, 9.17) is 14.2 Å². The molecule has 0 unspecified atom stereocenters. The van der Waals surface area contributed by atoms with Gasteiger partial charge in [0.25, 0.3) is 0 Å². The SMILES string of the molecule is O=C(CC[NH+]1CCOCC1)Nc1ccc2c(c1)OCO2. The van der Waals surface area contributed by atoms with Crippen molar-refractivity contribution in [3.05, 3.63) is 18.2 Å². The topological polar surface area (TPSA) is 61.2 Å². The zero-order chi connectivity index (χ0) is 13.8. The predicted octanol–water partition coefficient (Wildman–Crippen LogP) is -0.341. The van der Waals surface area contributed by atoms with Crippen LogP contribution in [0.5, 0.6) is 11.5 Å².